The van der Waals surface area contributed by atoms with Gasteiger partial charge in [0.2, 0.25) is 0 Å². The summed E-state index contributed by atoms with van der Waals surface area (Å²) in [6.07, 6.45) is 3.18. The summed E-state index contributed by atoms with van der Waals surface area (Å²) in [5.74, 6) is -0.0753. The Kier molecular flexibility index (Phi) is 4.47. The molecule has 1 aromatic heterocycles. The van der Waals surface area contributed by atoms with E-state index >= 15 is 0 Å². The van der Waals surface area contributed by atoms with E-state index in [0.29, 0.717) is 12.1 Å². The van der Waals surface area contributed by atoms with E-state index in [1.165, 1.54) is 6.33 Å². The second-order valence-corrected chi connectivity index (χ2v) is 5.40. The van der Waals surface area contributed by atoms with Crippen LogP contribution in [0.15, 0.2) is 67.3 Å². The van der Waals surface area contributed by atoms with Gasteiger partial charge in [0, 0.05) is 5.56 Å². The number of hydrogen-bond donors (Lipinski definition) is 1. The Morgan fingerprint density at radius 3 is 2.52 bits per heavy atom. The van der Waals surface area contributed by atoms with Crippen molar-refractivity contribution in [2.24, 2.45) is 0 Å². The maximum atomic E-state index is 12.3. The summed E-state index contributed by atoms with van der Waals surface area (Å²) in [7, 11) is 0. The van der Waals surface area contributed by atoms with Gasteiger partial charge in [0.15, 0.2) is 0 Å². The monoisotopic (exact) mass is 306 g/mol. The molecule has 3 aromatic rings. The SMILES string of the molecule is CC(NC(=O)c1ccc(Cn2cncn2)cc1)c1ccccc1. The molecule has 0 aliphatic heterocycles. The highest BCUT2D eigenvalue weighted by molar-refractivity contribution is 5.94. The zero-order valence-corrected chi connectivity index (χ0v) is 12.9. The average Bonchev–Trinajstić information content (AvgIpc) is 3.09. The second-order valence-electron chi connectivity index (χ2n) is 5.40. The minimum Gasteiger partial charge on any atom is -0.346 e. The predicted molar refractivity (Wildman–Crippen MR) is 87.9 cm³/mol. The van der Waals surface area contributed by atoms with E-state index in [0.717, 1.165) is 11.1 Å². The molecule has 5 heteroatoms. The topological polar surface area (TPSA) is 59.8 Å². The summed E-state index contributed by atoms with van der Waals surface area (Å²) in [4.78, 5) is 16.2. The molecule has 0 saturated carbocycles. The molecule has 0 aliphatic rings. The second kappa shape index (κ2) is 6.87. The third-order valence-corrected chi connectivity index (χ3v) is 3.67. The molecule has 1 heterocycles. The Bertz CT molecular complexity index is 751. The summed E-state index contributed by atoms with van der Waals surface area (Å²) >= 11 is 0. The van der Waals surface area contributed by atoms with Gasteiger partial charge >= 0.3 is 0 Å². The largest absolute Gasteiger partial charge is 0.346 e. The van der Waals surface area contributed by atoms with Crippen molar-refractivity contribution in [2.75, 3.05) is 0 Å². The van der Waals surface area contributed by atoms with Gasteiger partial charge in [0.05, 0.1) is 12.6 Å². The van der Waals surface area contributed by atoms with E-state index in [2.05, 4.69) is 15.4 Å². The van der Waals surface area contributed by atoms with Gasteiger partial charge in [-0.1, -0.05) is 42.5 Å². The maximum Gasteiger partial charge on any atom is 0.251 e. The Labute approximate surface area is 135 Å². The molecule has 3 rings (SSSR count). The van der Waals surface area contributed by atoms with E-state index in [1.807, 2.05) is 61.5 Å². The molecule has 116 valence electrons. The molecule has 0 saturated heterocycles. The molecule has 0 radical (unpaired) electrons. The first-order chi connectivity index (χ1) is 11.2. The van der Waals surface area contributed by atoms with E-state index < -0.39 is 0 Å². The maximum absolute atomic E-state index is 12.3. The van der Waals surface area contributed by atoms with Crippen LogP contribution in [-0.2, 0) is 6.54 Å². The van der Waals surface area contributed by atoms with Crippen LogP contribution in [-0.4, -0.2) is 20.7 Å². The Morgan fingerprint density at radius 1 is 1.13 bits per heavy atom. The van der Waals surface area contributed by atoms with Crippen molar-refractivity contribution in [1.29, 1.82) is 0 Å². The third kappa shape index (κ3) is 3.83. The van der Waals surface area contributed by atoms with Crippen LogP contribution in [0.5, 0.6) is 0 Å². The number of nitrogens with one attached hydrogen (secondary N) is 1. The molecule has 1 N–H and O–H groups in total. The third-order valence-electron chi connectivity index (χ3n) is 3.67. The van der Waals surface area contributed by atoms with E-state index in [1.54, 1.807) is 11.0 Å². The summed E-state index contributed by atoms with van der Waals surface area (Å²) in [6.45, 7) is 2.62. The van der Waals surface area contributed by atoms with Crippen LogP contribution in [0.3, 0.4) is 0 Å². The van der Waals surface area contributed by atoms with E-state index in [9.17, 15) is 4.79 Å². The minimum atomic E-state index is -0.0753. The molecule has 0 bridgehead atoms. The Morgan fingerprint density at radius 2 is 1.87 bits per heavy atom. The van der Waals surface area contributed by atoms with Crippen molar-refractivity contribution in [2.45, 2.75) is 19.5 Å². The number of amides is 1. The standard InChI is InChI=1S/C18H18N4O/c1-14(16-5-3-2-4-6-16)21-18(23)17-9-7-15(8-10-17)11-22-13-19-12-20-22/h2-10,12-14H,11H2,1H3,(H,21,23). The number of hydrogen-bond acceptors (Lipinski definition) is 3. The van der Waals surface area contributed by atoms with Gasteiger partial charge in [0.25, 0.3) is 5.91 Å². The van der Waals surface area contributed by atoms with Crippen LogP contribution in [0.2, 0.25) is 0 Å². The number of nitrogens with zero attached hydrogens (tertiary/aromatic N) is 3. The van der Waals surface area contributed by atoms with Crippen molar-refractivity contribution in [3.63, 3.8) is 0 Å². The number of rotatable bonds is 5. The predicted octanol–water partition coefficient (Wildman–Crippen LogP) is 2.82. The Balaban J connectivity index is 1.63. The summed E-state index contributed by atoms with van der Waals surface area (Å²) in [5, 5.41) is 7.08. The smallest absolute Gasteiger partial charge is 0.251 e. The quantitative estimate of drug-likeness (QED) is 0.788. The molecule has 5 nitrogen and oxygen atoms in total. The van der Waals surface area contributed by atoms with Crippen LogP contribution >= 0.6 is 0 Å². The summed E-state index contributed by atoms with van der Waals surface area (Å²) in [6, 6.07) is 17.4. The molecular formula is C18H18N4O. The first-order valence-electron chi connectivity index (χ1n) is 7.49. The van der Waals surface area contributed by atoms with Crippen LogP contribution in [0.25, 0.3) is 0 Å². The van der Waals surface area contributed by atoms with Crippen LogP contribution < -0.4 is 5.32 Å². The zero-order chi connectivity index (χ0) is 16.1. The van der Waals surface area contributed by atoms with E-state index in [-0.39, 0.29) is 11.9 Å². The van der Waals surface area contributed by atoms with Gasteiger partial charge in [-0.2, -0.15) is 5.10 Å². The molecule has 0 fully saturated rings. The van der Waals surface area contributed by atoms with Gasteiger partial charge in [-0.05, 0) is 30.2 Å². The molecule has 1 atom stereocenters. The first kappa shape index (κ1) is 15.0. The van der Waals surface area contributed by atoms with Crippen molar-refractivity contribution in [1.82, 2.24) is 20.1 Å². The van der Waals surface area contributed by atoms with Crippen molar-refractivity contribution in [3.8, 4) is 0 Å². The molecule has 1 amide bonds. The van der Waals surface area contributed by atoms with E-state index in [4.69, 9.17) is 0 Å². The zero-order valence-electron chi connectivity index (χ0n) is 12.9. The van der Waals surface area contributed by atoms with Crippen molar-refractivity contribution in [3.05, 3.63) is 83.9 Å². The van der Waals surface area contributed by atoms with Crippen molar-refractivity contribution >= 4 is 5.91 Å². The lowest BCUT2D eigenvalue weighted by Gasteiger charge is -2.14. The van der Waals surface area contributed by atoms with Gasteiger partial charge in [-0.15, -0.1) is 0 Å². The van der Waals surface area contributed by atoms with Crippen LogP contribution in [0.4, 0.5) is 0 Å². The fourth-order valence-corrected chi connectivity index (χ4v) is 2.37. The highest BCUT2D eigenvalue weighted by atomic mass is 16.1. The minimum absolute atomic E-state index is 0.0291. The molecule has 0 spiro atoms. The number of benzene rings is 2. The lowest BCUT2D eigenvalue weighted by Crippen LogP contribution is -2.26. The highest BCUT2D eigenvalue weighted by Gasteiger charge is 2.11. The number of aromatic nitrogens is 3. The van der Waals surface area contributed by atoms with Gasteiger partial charge < -0.3 is 5.32 Å². The summed E-state index contributed by atoms with van der Waals surface area (Å²) < 4.78 is 1.74. The summed E-state index contributed by atoms with van der Waals surface area (Å²) in [5.41, 5.74) is 2.81. The fraction of sp³-hybridized carbons (Fsp3) is 0.167. The molecule has 1 unspecified atom stereocenters. The average molecular weight is 306 g/mol. The number of carbonyl (C=O) groups excluding carboxylic acids is 1. The van der Waals surface area contributed by atoms with Crippen LogP contribution in [0, 0.1) is 0 Å². The molecule has 0 aliphatic carbocycles. The Hall–Kier alpha value is -2.95. The van der Waals surface area contributed by atoms with Gasteiger partial charge in [0.1, 0.15) is 12.7 Å². The molecule has 2 aromatic carbocycles. The molecular weight excluding hydrogens is 288 g/mol. The lowest BCUT2D eigenvalue weighted by molar-refractivity contribution is 0.0940. The number of carbonyl (C=O) groups is 1. The molecule has 23 heavy (non-hydrogen) atoms. The van der Waals surface area contributed by atoms with Crippen molar-refractivity contribution < 1.29 is 4.79 Å². The van der Waals surface area contributed by atoms with Crippen LogP contribution in [0.1, 0.15) is 34.5 Å². The lowest BCUT2D eigenvalue weighted by atomic mass is 10.1. The first-order valence-corrected chi connectivity index (χ1v) is 7.49. The van der Waals surface area contributed by atoms with Gasteiger partial charge in [-0.25, -0.2) is 9.67 Å². The highest BCUT2D eigenvalue weighted by Crippen LogP contribution is 2.13. The fourth-order valence-electron chi connectivity index (χ4n) is 2.37. The normalized spacial score (nSPS) is 11.9. The van der Waals surface area contributed by atoms with Gasteiger partial charge in [-0.3, -0.25) is 4.79 Å².